The van der Waals surface area contributed by atoms with Crippen LogP contribution >= 0.6 is 0 Å². The smallest absolute Gasteiger partial charge is 0.0862 e. The van der Waals surface area contributed by atoms with Crippen molar-refractivity contribution < 1.29 is 9.47 Å². The van der Waals surface area contributed by atoms with E-state index in [1.54, 1.807) is 5.19 Å². The summed E-state index contributed by atoms with van der Waals surface area (Å²) in [5.41, 5.74) is 1.95. The number of ether oxygens (including phenoxy) is 2. The second-order valence-corrected chi connectivity index (χ2v) is 12.7. The van der Waals surface area contributed by atoms with Crippen LogP contribution in [0.2, 0.25) is 18.6 Å². The van der Waals surface area contributed by atoms with E-state index in [-0.39, 0.29) is 0 Å². The molecule has 0 bridgehead atoms. The molecule has 140 valence electrons. The van der Waals surface area contributed by atoms with Crippen molar-refractivity contribution in [3.63, 3.8) is 0 Å². The van der Waals surface area contributed by atoms with E-state index in [2.05, 4.69) is 67.7 Å². The van der Waals surface area contributed by atoms with Crippen molar-refractivity contribution in [3.05, 3.63) is 66.2 Å². The minimum Gasteiger partial charge on any atom is -0.378 e. The summed E-state index contributed by atoms with van der Waals surface area (Å²) < 4.78 is 12.1. The van der Waals surface area contributed by atoms with Gasteiger partial charge < -0.3 is 9.47 Å². The third-order valence-electron chi connectivity index (χ3n) is 5.77. The third kappa shape index (κ3) is 5.06. The molecule has 0 radical (unpaired) electrons. The Hall–Kier alpha value is -1.42. The maximum atomic E-state index is 6.24. The molecule has 2 aromatic rings. The molecule has 0 aromatic heterocycles. The summed E-state index contributed by atoms with van der Waals surface area (Å²) in [4.78, 5) is 0. The second kappa shape index (κ2) is 9.49. The maximum Gasteiger partial charge on any atom is 0.0862 e. The summed E-state index contributed by atoms with van der Waals surface area (Å²) in [6.45, 7) is 7.47. The van der Waals surface area contributed by atoms with Gasteiger partial charge in [-0.25, -0.2) is 0 Å². The highest BCUT2D eigenvalue weighted by Gasteiger charge is 2.40. The van der Waals surface area contributed by atoms with Crippen molar-refractivity contribution in [2.24, 2.45) is 0 Å². The quantitative estimate of drug-likeness (QED) is 0.474. The number of hydrogen-bond acceptors (Lipinski definition) is 2. The molecule has 0 saturated carbocycles. The van der Waals surface area contributed by atoms with E-state index >= 15 is 0 Å². The molecule has 3 heteroatoms. The number of rotatable bonds is 8. The van der Waals surface area contributed by atoms with Crippen LogP contribution in [0, 0.1) is 0 Å². The van der Waals surface area contributed by atoms with Crippen molar-refractivity contribution >= 4 is 13.3 Å². The number of benzene rings is 2. The molecule has 1 fully saturated rings. The zero-order chi connectivity index (χ0) is 18.2. The molecule has 0 unspecified atom stereocenters. The van der Waals surface area contributed by atoms with Crippen LogP contribution in [0.5, 0.6) is 0 Å². The van der Waals surface area contributed by atoms with E-state index in [9.17, 15) is 0 Å². The Morgan fingerprint density at radius 3 is 2.42 bits per heavy atom. The van der Waals surface area contributed by atoms with Gasteiger partial charge in [-0.15, -0.1) is 0 Å². The summed E-state index contributed by atoms with van der Waals surface area (Å²) in [5.74, 6) is 0. The van der Waals surface area contributed by atoms with Crippen LogP contribution in [0.15, 0.2) is 60.7 Å². The fourth-order valence-electron chi connectivity index (χ4n) is 4.18. The molecule has 26 heavy (non-hydrogen) atoms. The fraction of sp³-hybridized carbons (Fsp3) is 0.478. The Kier molecular flexibility index (Phi) is 7.06. The lowest BCUT2D eigenvalue weighted by atomic mass is 10.0. The molecule has 0 spiro atoms. The SMILES string of the molecule is C[Si](C)(c1ccccc1)[C@@H]1CCCO[C@H]1CCCOCc1ccccc1. The molecule has 1 aliphatic heterocycles. The van der Waals surface area contributed by atoms with Gasteiger partial charge in [0.15, 0.2) is 0 Å². The van der Waals surface area contributed by atoms with Crippen molar-refractivity contribution in [1.29, 1.82) is 0 Å². The van der Waals surface area contributed by atoms with E-state index in [4.69, 9.17) is 9.47 Å². The molecular weight excluding hydrogens is 336 g/mol. The van der Waals surface area contributed by atoms with Gasteiger partial charge in [-0.05, 0) is 36.8 Å². The molecule has 0 N–H and O–H groups in total. The van der Waals surface area contributed by atoms with Gasteiger partial charge in [-0.1, -0.05) is 78.9 Å². The summed E-state index contributed by atoms with van der Waals surface area (Å²) in [6.07, 6.45) is 5.10. The predicted molar refractivity (Wildman–Crippen MR) is 112 cm³/mol. The molecule has 0 aliphatic carbocycles. The Morgan fingerprint density at radius 2 is 1.69 bits per heavy atom. The summed E-state index contributed by atoms with van der Waals surface area (Å²) >= 11 is 0. The van der Waals surface area contributed by atoms with Crippen molar-refractivity contribution in [2.45, 2.75) is 57.0 Å². The lowest BCUT2D eigenvalue weighted by Gasteiger charge is -2.41. The van der Waals surface area contributed by atoms with E-state index in [1.165, 1.54) is 18.4 Å². The van der Waals surface area contributed by atoms with Crippen LogP contribution in [0.3, 0.4) is 0 Å². The average molecular weight is 369 g/mol. The van der Waals surface area contributed by atoms with Crippen LogP contribution in [-0.2, 0) is 16.1 Å². The minimum atomic E-state index is -1.53. The number of hydrogen-bond donors (Lipinski definition) is 0. The molecule has 2 atom stereocenters. The zero-order valence-electron chi connectivity index (χ0n) is 16.2. The van der Waals surface area contributed by atoms with Gasteiger partial charge in [0.25, 0.3) is 0 Å². The van der Waals surface area contributed by atoms with Crippen molar-refractivity contribution in [3.8, 4) is 0 Å². The largest absolute Gasteiger partial charge is 0.378 e. The second-order valence-electron chi connectivity index (χ2n) is 7.93. The van der Waals surface area contributed by atoms with Crippen LogP contribution in [0.4, 0.5) is 0 Å². The topological polar surface area (TPSA) is 18.5 Å². The Balaban J connectivity index is 1.51. The van der Waals surface area contributed by atoms with E-state index in [0.29, 0.717) is 18.3 Å². The predicted octanol–water partition coefficient (Wildman–Crippen LogP) is 5.15. The maximum absolute atomic E-state index is 6.24. The van der Waals surface area contributed by atoms with E-state index in [1.807, 2.05) is 6.07 Å². The first kappa shape index (κ1) is 19.3. The van der Waals surface area contributed by atoms with Crippen LogP contribution in [0.1, 0.15) is 31.2 Å². The van der Waals surface area contributed by atoms with E-state index < -0.39 is 8.07 Å². The van der Waals surface area contributed by atoms with Gasteiger partial charge >= 0.3 is 0 Å². The first-order chi connectivity index (χ1) is 12.7. The minimum absolute atomic E-state index is 0.394. The van der Waals surface area contributed by atoms with Gasteiger partial charge in [-0.3, -0.25) is 0 Å². The monoisotopic (exact) mass is 368 g/mol. The highest BCUT2D eigenvalue weighted by molar-refractivity contribution is 6.91. The van der Waals surface area contributed by atoms with Gasteiger partial charge in [0.2, 0.25) is 0 Å². The lowest BCUT2D eigenvalue weighted by Crippen LogP contribution is -2.51. The normalized spacial score (nSPS) is 20.8. The Bertz CT molecular complexity index is 642. The van der Waals surface area contributed by atoms with Crippen molar-refractivity contribution in [2.75, 3.05) is 13.2 Å². The van der Waals surface area contributed by atoms with Gasteiger partial charge in [0.1, 0.15) is 0 Å². The van der Waals surface area contributed by atoms with Crippen LogP contribution < -0.4 is 5.19 Å². The van der Waals surface area contributed by atoms with Gasteiger partial charge in [0.05, 0.1) is 20.8 Å². The molecule has 1 saturated heterocycles. The van der Waals surface area contributed by atoms with Crippen molar-refractivity contribution in [1.82, 2.24) is 0 Å². The van der Waals surface area contributed by atoms with E-state index in [0.717, 1.165) is 26.1 Å². The van der Waals surface area contributed by atoms with Gasteiger partial charge in [-0.2, -0.15) is 0 Å². The molecule has 3 rings (SSSR count). The molecule has 2 nitrogen and oxygen atoms in total. The summed E-state index contributed by atoms with van der Waals surface area (Å²) in [6, 6.07) is 21.5. The highest BCUT2D eigenvalue weighted by Crippen LogP contribution is 2.37. The lowest BCUT2D eigenvalue weighted by molar-refractivity contribution is 0.00269. The Labute approximate surface area is 159 Å². The first-order valence-electron chi connectivity index (χ1n) is 9.97. The molecule has 1 heterocycles. The summed E-state index contributed by atoms with van der Waals surface area (Å²) in [7, 11) is -1.53. The molecule has 0 amide bonds. The molecule has 2 aromatic carbocycles. The van der Waals surface area contributed by atoms with Crippen LogP contribution in [-0.4, -0.2) is 27.4 Å². The standard InChI is InChI=1S/C23H32O2Si/c1-26(2,21-13-7-4-8-14-21)23-16-10-18-25-22(23)15-9-17-24-19-20-11-5-3-6-12-20/h3-8,11-14,22-23H,9-10,15-19H2,1-2H3/t22-,23+/m0/s1. The van der Waals surface area contributed by atoms with Crippen LogP contribution in [0.25, 0.3) is 0 Å². The third-order valence-corrected chi connectivity index (χ3v) is 10.1. The zero-order valence-corrected chi connectivity index (χ0v) is 17.2. The van der Waals surface area contributed by atoms with Gasteiger partial charge in [0, 0.05) is 13.2 Å². The molecular formula is C23H32O2Si. The first-order valence-corrected chi connectivity index (χ1v) is 13.0. The Morgan fingerprint density at radius 1 is 1.00 bits per heavy atom. The average Bonchev–Trinajstić information content (AvgIpc) is 2.69. The molecule has 1 aliphatic rings. The fourth-order valence-corrected chi connectivity index (χ4v) is 7.78. The summed E-state index contributed by atoms with van der Waals surface area (Å²) in [5, 5.41) is 1.56. The highest BCUT2D eigenvalue weighted by atomic mass is 28.3.